The summed E-state index contributed by atoms with van der Waals surface area (Å²) in [6.45, 7) is 13.9. The van der Waals surface area contributed by atoms with Crippen molar-refractivity contribution >= 4 is 16.9 Å². The van der Waals surface area contributed by atoms with Crippen LogP contribution in [0.2, 0.25) is 0 Å². The molecule has 4 rings (SSSR count). The lowest BCUT2D eigenvalue weighted by atomic mass is 10.1. The molecule has 2 aromatic heterocycles. The molecule has 0 amide bonds. The van der Waals surface area contributed by atoms with Crippen molar-refractivity contribution in [2.24, 2.45) is 0 Å². The van der Waals surface area contributed by atoms with Crippen LogP contribution in [-0.2, 0) is 37.2 Å². The molecule has 4 aromatic rings. The zero-order chi connectivity index (χ0) is 31.6. The molecule has 0 saturated carbocycles. The van der Waals surface area contributed by atoms with Gasteiger partial charge in [-0.1, -0.05) is 70.2 Å². The fraction of sp³-hybridized carbons (Fsp3) is 0.500. The SMILES string of the molecule is CCN(CC)C(Cn1c(Cc2ccccc2)nc2c1c(=O)n(CCCOC)c(=O)n2CCc1ccc(N)cc1)N(CC)CC. The Labute approximate surface area is 260 Å². The number of nitrogen functional groups attached to an aromatic ring is 1. The van der Waals surface area contributed by atoms with Gasteiger partial charge in [-0.15, -0.1) is 0 Å². The largest absolute Gasteiger partial charge is 0.399 e. The molecule has 2 aromatic carbocycles. The third-order valence-electron chi connectivity index (χ3n) is 8.55. The lowest BCUT2D eigenvalue weighted by Gasteiger charge is -2.38. The first kappa shape index (κ1) is 33.2. The molecule has 10 heteroatoms. The summed E-state index contributed by atoms with van der Waals surface area (Å²) in [4.78, 5) is 38.2. The summed E-state index contributed by atoms with van der Waals surface area (Å²) in [5, 5.41) is 0. The van der Waals surface area contributed by atoms with Crippen molar-refractivity contribution in [1.82, 2.24) is 28.5 Å². The number of anilines is 1. The molecule has 10 nitrogen and oxygen atoms in total. The minimum absolute atomic E-state index is 0.0587. The van der Waals surface area contributed by atoms with Gasteiger partial charge in [0.25, 0.3) is 5.56 Å². The normalized spacial score (nSPS) is 11.9. The molecule has 2 N–H and O–H groups in total. The first-order chi connectivity index (χ1) is 21.4. The van der Waals surface area contributed by atoms with Crippen LogP contribution in [0.25, 0.3) is 11.2 Å². The third-order valence-corrected chi connectivity index (χ3v) is 8.55. The first-order valence-corrected chi connectivity index (χ1v) is 15.9. The minimum atomic E-state index is -0.339. The van der Waals surface area contributed by atoms with Crippen LogP contribution >= 0.6 is 0 Å². The molecule has 0 spiro atoms. The number of nitrogens with zero attached hydrogens (tertiary/aromatic N) is 6. The molecular formula is C34H49N7O3. The smallest absolute Gasteiger partial charge is 0.332 e. The Hall–Kier alpha value is -3.73. The predicted molar refractivity (Wildman–Crippen MR) is 178 cm³/mol. The summed E-state index contributed by atoms with van der Waals surface area (Å²) in [5.74, 6) is 0.780. The summed E-state index contributed by atoms with van der Waals surface area (Å²) < 4.78 is 10.4. The summed E-state index contributed by atoms with van der Waals surface area (Å²) in [6.07, 6.45) is 1.77. The molecular weight excluding hydrogens is 554 g/mol. The van der Waals surface area contributed by atoms with E-state index in [-0.39, 0.29) is 24.0 Å². The Morgan fingerprint density at radius 2 is 1.45 bits per heavy atom. The van der Waals surface area contributed by atoms with Gasteiger partial charge in [0.15, 0.2) is 11.2 Å². The molecule has 0 bridgehead atoms. The summed E-state index contributed by atoms with van der Waals surface area (Å²) in [6, 6.07) is 17.9. The van der Waals surface area contributed by atoms with Gasteiger partial charge < -0.3 is 15.0 Å². The molecule has 0 aliphatic heterocycles. The fourth-order valence-corrected chi connectivity index (χ4v) is 6.05. The second-order valence-corrected chi connectivity index (χ2v) is 11.1. The van der Waals surface area contributed by atoms with Gasteiger partial charge in [0, 0.05) is 38.9 Å². The highest BCUT2D eigenvalue weighted by Gasteiger charge is 2.27. The van der Waals surface area contributed by atoms with Gasteiger partial charge in [-0.2, -0.15) is 0 Å². The highest BCUT2D eigenvalue weighted by molar-refractivity contribution is 5.71. The number of hydrogen-bond donors (Lipinski definition) is 1. The summed E-state index contributed by atoms with van der Waals surface area (Å²) in [5.41, 5.74) is 9.05. The minimum Gasteiger partial charge on any atom is -0.399 e. The Morgan fingerprint density at radius 1 is 0.818 bits per heavy atom. The molecule has 0 atom stereocenters. The van der Waals surface area contributed by atoms with Gasteiger partial charge in [-0.25, -0.2) is 9.78 Å². The van der Waals surface area contributed by atoms with Crippen molar-refractivity contribution in [1.29, 1.82) is 0 Å². The lowest BCUT2D eigenvalue weighted by molar-refractivity contribution is 0.0438. The Kier molecular flexibility index (Phi) is 11.9. The van der Waals surface area contributed by atoms with Gasteiger partial charge in [0.2, 0.25) is 0 Å². The van der Waals surface area contributed by atoms with Crippen LogP contribution in [0.15, 0.2) is 64.2 Å². The number of aromatic nitrogens is 4. The van der Waals surface area contributed by atoms with E-state index in [1.807, 2.05) is 42.5 Å². The molecule has 0 fully saturated rings. The van der Waals surface area contributed by atoms with E-state index in [2.05, 4.69) is 54.2 Å². The van der Waals surface area contributed by atoms with Crippen molar-refractivity contribution < 1.29 is 4.74 Å². The van der Waals surface area contributed by atoms with Crippen molar-refractivity contribution in [3.8, 4) is 0 Å². The number of aryl methyl sites for hydroxylation is 2. The van der Waals surface area contributed by atoms with Gasteiger partial charge in [-0.3, -0.25) is 23.7 Å². The fourth-order valence-electron chi connectivity index (χ4n) is 6.05. The zero-order valence-corrected chi connectivity index (χ0v) is 27.0. The monoisotopic (exact) mass is 603 g/mol. The Balaban J connectivity index is 1.95. The topological polar surface area (TPSA) is 104 Å². The Bertz CT molecular complexity index is 1570. The molecule has 2 heterocycles. The second-order valence-electron chi connectivity index (χ2n) is 11.1. The summed E-state index contributed by atoms with van der Waals surface area (Å²) in [7, 11) is 1.63. The molecule has 0 aliphatic rings. The maximum absolute atomic E-state index is 14.3. The molecule has 238 valence electrons. The van der Waals surface area contributed by atoms with Crippen LogP contribution in [0.5, 0.6) is 0 Å². The lowest BCUT2D eigenvalue weighted by Crippen LogP contribution is -2.51. The number of benzene rings is 2. The number of imidazole rings is 1. The van der Waals surface area contributed by atoms with Crippen LogP contribution in [0.3, 0.4) is 0 Å². The van der Waals surface area contributed by atoms with E-state index >= 15 is 0 Å². The van der Waals surface area contributed by atoms with Crippen molar-refractivity contribution in [2.75, 3.05) is 45.6 Å². The van der Waals surface area contributed by atoms with Gasteiger partial charge >= 0.3 is 5.69 Å². The van der Waals surface area contributed by atoms with Crippen LogP contribution < -0.4 is 17.0 Å². The van der Waals surface area contributed by atoms with E-state index in [1.165, 1.54) is 4.57 Å². The number of nitrogens with two attached hydrogens (primary N) is 1. The van der Waals surface area contributed by atoms with Gasteiger partial charge in [0.1, 0.15) is 5.82 Å². The molecule has 0 radical (unpaired) electrons. The number of rotatable bonds is 17. The quantitative estimate of drug-likeness (QED) is 0.111. The van der Waals surface area contributed by atoms with Crippen LogP contribution in [0.1, 0.15) is 51.1 Å². The Morgan fingerprint density at radius 3 is 2.05 bits per heavy atom. The van der Waals surface area contributed by atoms with E-state index in [1.54, 1.807) is 11.7 Å². The standard InChI is InChI=1S/C34H49N7O3/c1-6-37(7-2)30(38(8-3)9-4)25-41-29(24-27-14-11-10-12-15-27)36-32-31(41)33(42)40(21-13-23-44-5)34(43)39(32)22-20-26-16-18-28(35)19-17-26/h10-12,14-19,30H,6-9,13,20-25,35H2,1-5H3. The number of likely N-dealkylation sites (N-methyl/N-ethyl adjacent to an activating group) is 2. The average Bonchev–Trinajstić information content (AvgIpc) is 3.38. The third kappa shape index (κ3) is 7.49. The molecule has 0 saturated heterocycles. The zero-order valence-electron chi connectivity index (χ0n) is 27.0. The maximum Gasteiger partial charge on any atom is 0.332 e. The maximum atomic E-state index is 14.3. The van der Waals surface area contributed by atoms with Gasteiger partial charge in [0.05, 0.1) is 12.7 Å². The van der Waals surface area contributed by atoms with E-state index in [0.29, 0.717) is 55.8 Å². The number of fused-ring (bicyclic) bond motifs is 1. The van der Waals surface area contributed by atoms with Crippen molar-refractivity contribution in [3.63, 3.8) is 0 Å². The van der Waals surface area contributed by atoms with E-state index in [9.17, 15) is 9.59 Å². The highest BCUT2D eigenvalue weighted by atomic mass is 16.5. The van der Waals surface area contributed by atoms with Gasteiger partial charge in [-0.05, 0) is 62.3 Å². The second kappa shape index (κ2) is 15.8. The predicted octanol–water partition coefficient (Wildman–Crippen LogP) is 3.82. The van der Waals surface area contributed by atoms with Crippen LogP contribution in [-0.4, -0.2) is 74.5 Å². The number of ether oxygens (including phenoxy) is 1. The molecule has 0 aliphatic carbocycles. The van der Waals surface area contributed by atoms with Crippen LogP contribution in [0.4, 0.5) is 5.69 Å². The van der Waals surface area contributed by atoms with Crippen LogP contribution in [0, 0.1) is 0 Å². The average molecular weight is 604 g/mol. The highest BCUT2D eigenvalue weighted by Crippen LogP contribution is 2.20. The first-order valence-electron chi connectivity index (χ1n) is 15.9. The van der Waals surface area contributed by atoms with Crippen molar-refractivity contribution in [2.45, 2.75) is 72.8 Å². The number of methoxy groups -OCH3 is 1. The van der Waals surface area contributed by atoms with E-state index in [0.717, 1.165) is 43.1 Å². The number of hydrogen-bond acceptors (Lipinski definition) is 7. The van der Waals surface area contributed by atoms with E-state index in [4.69, 9.17) is 15.5 Å². The molecule has 44 heavy (non-hydrogen) atoms. The van der Waals surface area contributed by atoms with Crippen molar-refractivity contribution in [3.05, 3.63) is 92.4 Å². The summed E-state index contributed by atoms with van der Waals surface area (Å²) >= 11 is 0. The van der Waals surface area contributed by atoms with E-state index < -0.39 is 0 Å². The molecule has 0 unspecified atom stereocenters.